The number of nitrogens with one attached hydrogen (secondary N) is 1. The van der Waals surface area contributed by atoms with Crippen LogP contribution in [0.3, 0.4) is 0 Å². The van der Waals surface area contributed by atoms with Gasteiger partial charge < -0.3 is 10.1 Å². The van der Waals surface area contributed by atoms with Gasteiger partial charge in [0.25, 0.3) is 0 Å². The van der Waals surface area contributed by atoms with Gasteiger partial charge in [0.1, 0.15) is 12.7 Å². The van der Waals surface area contributed by atoms with Gasteiger partial charge in [-0.1, -0.05) is 12.1 Å². The van der Waals surface area contributed by atoms with Crippen LogP contribution >= 0.6 is 0 Å². The Hall–Kier alpha value is -1.88. The second-order valence-corrected chi connectivity index (χ2v) is 4.91. The molecule has 2 heterocycles. The number of ether oxygens (including phenoxy) is 1. The Bertz CT molecular complexity index is 509. The highest BCUT2D eigenvalue weighted by atomic mass is 16.5. The molecule has 2 aromatic rings. The molecular formula is C14H18N4O. The molecule has 0 spiro atoms. The molecule has 0 bridgehead atoms. The molecular weight excluding hydrogens is 240 g/mol. The maximum absolute atomic E-state index is 5.55. The Morgan fingerprint density at radius 2 is 2.21 bits per heavy atom. The smallest absolute Gasteiger partial charge is 0.137 e. The van der Waals surface area contributed by atoms with Crippen molar-refractivity contribution in [3.8, 4) is 0 Å². The molecule has 5 heteroatoms. The fourth-order valence-corrected chi connectivity index (χ4v) is 2.34. The van der Waals surface area contributed by atoms with E-state index in [1.165, 1.54) is 5.56 Å². The van der Waals surface area contributed by atoms with E-state index in [-0.39, 0.29) is 6.10 Å². The highest BCUT2D eigenvalue weighted by Crippen LogP contribution is 2.19. The van der Waals surface area contributed by atoms with Crippen LogP contribution in [0, 0.1) is 0 Å². The first-order chi connectivity index (χ1) is 9.31. The van der Waals surface area contributed by atoms with Crippen LogP contribution < -0.4 is 5.32 Å². The van der Waals surface area contributed by atoms with E-state index in [9.17, 15) is 0 Å². The molecule has 1 aromatic heterocycles. The predicted molar refractivity (Wildman–Crippen MR) is 73.0 cm³/mol. The van der Waals surface area contributed by atoms with Gasteiger partial charge in [0.2, 0.25) is 0 Å². The molecule has 1 N–H and O–H groups in total. The third kappa shape index (κ3) is 2.93. The maximum Gasteiger partial charge on any atom is 0.137 e. The lowest BCUT2D eigenvalue weighted by molar-refractivity contribution is 0.121. The van der Waals surface area contributed by atoms with Gasteiger partial charge in [-0.3, -0.25) is 0 Å². The van der Waals surface area contributed by atoms with Crippen molar-refractivity contribution in [2.45, 2.75) is 32.0 Å². The zero-order valence-electron chi connectivity index (χ0n) is 11.0. The van der Waals surface area contributed by atoms with E-state index in [1.54, 1.807) is 12.7 Å². The van der Waals surface area contributed by atoms with Gasteiger partial charge in [-0.25, -0.2) is 9.67 Å². The van der Waals surface area contributed by atoms with E-state index in [0.29, 0.717) is 6.04 Å². The number of rotatable bonds is 4. The number of hydrogen-bond acceptors (Lipinski definition) is 4. The van der Waals surface area contributed by atoms with Gasteiger partial charge in [-0.15, -0.1) is 0 Å². The summed E-state index contributed by atoms with van der Waals surface area (Å²) in [6, 6.07) is 8.87. The zero-order valence-corrected chi connectivity index (χ0v) is 11.0. The Morgan fingerprint density at radius 1 is 1.37 bits per heavy atom. The summed E-state index contributed by atoms with van der Waals surface area (Å²) in [5.74, 6) is 0. The molecule has 1 fully saturated rings. The third-order valence-electron chi connectivity index (χ3n) is 3.49. The molecule has 100 valence electrons. The van der Waals surface area contributed by atoms with E-state index in [4.69, 9.17) is 4.74 Å². The van der Waals surface area contributed by atoms with Crippen molar-refractivity contribution in [3.63, 3.8) is 0 Å². The average molecular weight is 258 g/mol. The van der Waals surface area contributed by atoms with E-state index in [0.717, 1.165) is 25.3 Å². The lowest BCUT2D eigenvalue weighted by Crippen LogP contribution is -2.26. The zero-order chi connectivity index (χ0) is 13.1. The Balaban J connectivity index is 1.62. The molecule has 1 aliphatic heterocycles. The van der Waals surface area contributed by atoms with Crippen molar-refractivity contribution in [1.29, 1.82) is 0 Å². The summed E-state index contributed by atoms with van der Waals surface area (Å²) in [5, 5.41) is 7.62. The first kappa shape index (κ1) is 12.2. The predicted octanol–water partition coefficient (Wildman–Crippen LogP) is 1.92. The number of nitrogens with zero attached hydrogens (tertiary/aromatic N) is 3. The van der Waals surface area contributed by atoms with Crippen molar-refractivity contribution in [2.24, 2.45) is 0 Å². The summed E-state index contributed by atoms with van der Waals surface area (Å²) in [6.07, 6.45) is 4.64. The fraction of sp³-hybridized carbons (Fsp3) is 0.429. The van der Waals surface area contributed by atoms with Crippen LogP contribution in [-0.4, -0.2) is 33.5 Å². The molecule has 1 saturated heterocycles. The highest BCUT2D eigenvalue weighted by Gasteiger charge is 2.23. The van der Waals surface area contributed by atoms with E-state index >= 15 is 0 Å². The quantitative estimate of drug-likeness (QED) is 0.910. The molecule has 3 rings (SSSR count). The number of benzene rings is 1. The van der Waals surface area contributed by atoms with Crippen LogP contribution in [0.5, 0.6) is 0 Å². The standard InChI is InChI=1S/C14H18N4O/c1-11-14(6-7-19-11)17-13-4-2-12(3-5-13)8-18-10-15-9-16-18/h2-5,9-11,14,17H,6-8H2,1H3. The number of aromatic nitrogens is 3. The van der Waals surface area contributed by atoms with Crippen LogP contribution in [0.2, 0.25) is 0 Å². The second-order valence-electron chi connectivity index (χ2n) is 4.91. The monoisotopic (exact) mass is 258 g/mol. The van der Waals surface area contributed by atoms with Crippen LogP contribution in [0.25, 0.3) is 0 Å². The molecule has 2 unspecified atom stereocenters. The van der Waals surface area contributed by atoms with Crippen molar-refractivity contribution in [3.05, 3.63) is 42.5 Å². The fourth-order valence-electron chi connectivity index (χ4n) is 2.34. The van der Waals surface area contributed by atoms with Crippen molar-refractivity contribution in [2.75, 3.05) is 11.9 Å². The summed E-state index contributed by atoms with van der Waals surface area (Å²) in [5.41, 5.74) is 2.36. The molecule has 1 aromatic carbocycles. The van der Waals surface area contributed by atoms with E-state index in [2.05, 4.69) is 46.6 Å². The van der Waals surface area contributed by atoms with Crippen molar-refractivity contribution >= 4 is 5.69 Å². The maximum atomic E-state index is 5.55. The lowest BCUT2D eigenvalue weighted by Gasteiger charge is -2.17. The normalized spacial score (nSPS) is 22.6. The molecule has 0 amide bonds. The minimum absolute atomic E-state index is 0.287. The van der Waals surface area contributed by atoms with Gasteiger partial charge in [0.15, 0.2) is 0 Å². The molecule has 0 saturated carbocycles. The Morgan fingerprint density at radius 3 is 2.84 bits per heavy atom. The molecule has 0 radical (unpaired) electrons. The summed E-state index contributed by atoms with van der Waals surface area (Å²) in [4.78, 5) is 3.94. The van der Waals surface area contributed by atoms with Crippen LogP contribution in [0.1, 0.15) is 18.9 Å². The Kier molecular flexibility index (Phi) is 3.46. The molecule has 5 nitrogen and oxygen atoms in total. The molecule has 2 atom stereocenters. The van der Waals surface area contributed by atoms with Gasteiger partial charge in [0.05, 0.1) is 18.7 Å². The first-order valence-corrected chi connectivity index (χ1v) is 6.61. The summed E-state index contributed by atoms with van der Waals surface area (Å²) in [6.45, 7) is 3.72. The lowest BCUT2D eigenvalue weighted by atomic mass is 10.1. The average Bonchev–Trinajstić information content (AvgIpc) is 3.05. The second kappa shape index (κ2) is 5.40. The number of anilines is 1. The van der Waals surface area contributed by atoms with Crippen LogP contribution in [0.15, 0.2) is 36.9 Å². The minimum atomic E-state index is 0.287. The number of hydrogen-bond donors (Lipinski definition) is 1. The van der Waals surface area contributed by atoms with Gasteiger partial charge in [-0.2, -0.15) is 5.10 Å². The Labute approximate surface area is 112 Å². The summed E-state index contributed by atoms with van der Waals surface area (Å²) in [7, 11) is 0. The van der Waals surface area contributed by atoms with Crippen LogP contribution in [-0.2, 0) is 11.3 Å². The summed E-state index contributed by atoms with van der Waals surface area (Å²) < 4.78 is 7.37. The first-order valence-electron chi connectivity index (χ1n) is 6.61. The van der Waals surface area contributed by atoms with Gasteiger partial charge in [-0.05, 0) is 31.0 Å². The molecule has 19 heavy (non-hydrogen) atoms. The van der Waals surface area contributed by atoms with Crippen LogP contribution in [0.4, 0.5) is 5.69 Å². The minimum Gasteiger partial charge on any atom is -0.380 e. The topological polar surface area (TPSA) is 52.0 Å². The van der Waals surface area contributed by atoms with Gasteiger partial charge >= 0.3 is 0 Å². The van der Waals surface area contributed by atoms with Crippen molar-refractivity contribution in [1.82, 2.24) is 14.8 Å². The SMILES string of the molecule is CC1OCCC1Nc1ccc(Cn2cncn2)cc1. The van der Waals surface area contributed by atoms with E-state index < -0.39 is 0 Å². The van der Waals surface area contributed by atoms with Crippen molar-refractivity contribution < 1.29 is 4.74 Å². The molecule has 0 aliphatic carbocycles. The third-order valence-corrected chi connectivity index (χ3v) is 3.49. The molecule has 1 aliphatic rings. The summed E-state index contributed by atoms with van der Waals surface area (Å²) >= 11 is 0. The van der Waals surface area contributed by atoms with Gasteiger partial charge in [0, 0.05) is 12.3 Å². The van der Waals surface area contributed by atoms with E-state index in [1.807, 2.05) is 4.68 Å². The largest absolute Gasteiger partial charge is 0.380 e. The highest BCUT2D eigenvalue weighted by molar-refractivity contribution is 5.45.